The van der Waals surface area contributed by atoms with Gasteiger partial charge in [0.1, 0.15) is 12.1 Å². The quantitative estimate of drug-likeness (QED) is 0.647. The van der Waals surface area contributed by atoms with E-state index in [4.69, 9.17) is 10.2 Å². The molecule has 2 aromatic rings. The predicted molar refractivity (Wildman–Crippen MR) is 66.0 cm³/mol. The van der Waals surface area contributed by atoms with E-state index < -0.39 is 11.8 Å². The average molecular weight is 265 g/mol. The van der Waals surface area contributed by atoms with Crippen LogP contribution in [0, 0.1) is 5.82 Å². The first kappa shape index (κ1) is 12.9. The lowest BCUT2D eigenvalue weighted by molar-refractivity contribution is 0.0600. The van der Waals surface area contributed by atoms with Gasteiger partial charge < -0.3 is 20.2 Å². The van der Waals surface area contributed by atoms with Crippen LogP contribution < -0.4 is 11.1 Å². The Balaban J connectivity index is 2.23. The number of halogens is 1. The molecule has 100 valence electrons. The predicted octanol–water partition coefficient (Wildman–Crippen LogP) is 1.79. The van der Waals surface area contributed by atoms with Crippen molar-refractivity contribution in [1.82, 2.24) is 4.98 Å². The fourth-order valence-corrected chi connectivity index (χ4v) is 1.51. The number of carbonyl (C=O) groups is 1. The van der Waals surface area contributed by atoms with Gasteiger partial charge in [-0.05, 0) is 12.1 Å². The van der Waals surface area contributed by atoms with E-state index in [9.17, 15) is 9.18 Å². The number of rotatable bonds is 4. The first-order valence-corrected chi connectivity index (χ1v) is 5.40. The van der Waals surface area contributed by atoms with Crippen molar-refractivity contribution in [3.63, 3.8) is 0 Å². The van der Waals surface area contributed by atoms with Gasteiger partial charge in [-0.2, -0.15) is 0 Å². The third kappa shape index (κ3) is 2.82. The van der Waals surface area contributed by atoms with Crippen LogP contribution in [-0.4, -0.2) is 18.1 Å². The van der Waals surface area contributed by atoms with Crippen LogP contribution in [0.25, 0.3) is 0 Å². The molecule has 1 aromatic carbocycles. The molecular formula is C12H12FN3O3. The minimum atomic E-state index is -0.689. The fraction of sp³-hybridized carbons (Fsp3) is 0.167. The molecule has 19 heavy (non-hydrogen) atoms. The summed E-state index contributed by atoms with van der Waals surface area (Å²) < 4.78 is 22.9. The minimum Gasteiger partial charge on any atom is -0.465 e. The molecular weight excluding hydrogens is 253 g/mol. The zero-order valence-corrected chi connectivity index (χ0v) is 10.1. The van der Waals surface area contributed by atoms with E-state index >= 15 is 0 Å². The Morgan fingerprint density at radius 1 is 1.58 bits per heavy atom. The molecule has 0 bridgehead atoms. The van der Waals surface area contributed by atoms with Crippen LogP contribution in [0.5, 0.6) is 0 Å². The second kappa shape index (κ2) is 5.38. The summed E-state index contributed by atoms with van der Waals surface area (Å²) in [7, 11) is 1.22. The van der Waals surface area contributed by atoms with Crippen LogP contribution in [-0.2, 0) is 11.3 Å². The molecule has 0 spiro atoms. The molecule has 0 radical (unpaired) electrons. The number of nitrogen functional groups attached to an aromatic ring is 1. The Morgan fingerprint density at radius 2 is 2.37 bits per heavy atom. The van der Waals surface area contributed by atoms with Gasteiger partial charge in [-0.15, -0.1) is 0 Å². The van der Waals surface area contributed by atoms with E-state index in [1.165, 1.54) is 25.8 Å². The normalized spacial score (nSPS) is 10.2. The molecule has 0 fully saturated rings. The standard InChI is InChI=1S/C12H12FN3O3/c1-18-12(17)7-2-9(13)11(14)10(3-7)15-4-8-5-19-6-16-8/h2-3,5-6,15H,4,14H2,1H3. The topological polar surface area (TPSA) is 90.4 Å². The molecule has 0 saturated heterocycles. The van der Waals surface area contributed by atoms with E-state index in [0.29, 0.717) is 17.9 Å². The average Bonchev–Trinajstić information content (AvgIpc) is 2.92. The molecule has 0 atom stereocenters. The SMILES string of the molecule is COC(=O)c1cc(F)c(N)c(NCc2cocn2)c1. The maximum atomic E-state index is 13.6. The van der Waals surface area contributed by atoms with Crippen molar-refractivity contribution in [1.29, 1.82) is 0 Å². The van der Waals surface area contributed by atoms with E-state index in [1.807, 2.05) is 0 Å². The van der Waals surface area contributed by atoms with Gasteiger partial charge in [0.05, 0.1) is 36.3 Å². The number of anilines is 2. The molecule has 0 aliphatic carbocycles. The maximum Gasteiger partial charge on any atom is 0.338 e. The smallest absolute Gasteiger partial charge is 0.338 e. The molecule has 3 N–H and O–H groups in total. The largest absolute Gasteiger partial charge is 0.465 e. The number of benzene rings is 1. The summed E-state index contributed by atoms with van der Waals surface area (Å²) in [5.41, 5.74) is 6.53. The van der Waals surface area contributed by atoms with Crippen molar-refractivity contribution in [3.05, 3.63) is 41.9 Å². The lowest BCUT2D eigenvalue weighted by Gasteiger charge is -2.10. The Morgan fingerprint density at radius 3 is 3.00 bits per heavy atom. The van der Waals surface area contributed by atoms with Crippen LogP contribution >= 0.6 is 0 Å². The number of methoxy groups -OCH3 is 1. The molecule has 0 saturated carbocycles. The van der Waals surface area contributed by atoms with Crippen molar-refractivity contribution < 1.29 is 18.3 Å². The van der Waals surface area contributed by atoms with Gasteiger partial charge in [0.2, 0.25) is 0 Å². The molecule has 0 aliphatic heterocycles. The van der Waals surface area contributed by atoms with Crippen molar-refractivity contribution in [2.75, 3.05) is 18.2 Å². The van der Waals surface area contributed by atoms with Gasteiger partial charge in [-0.3, -0.25) is 0 Å². The number of esters is 1. The minimum absolute atomic E-state index is 0.0730. The molecule has 7 heteroatoms. The highest BCUT2D eigenvalue weighted by Crippen LogP contribution is 2.25. The van der Waals surface area contributed by atoms with E-state index in [1.54, 1.807) is 0 Å². The Labute approximate surface area is 108 Å². The Kier molecular flexibility index (Phi) is 3.65. The van der Waals surface area contributed by atoms with Gasteiger partial charge in [0.25, 0.3) is 0 Å². The molecule has 1 aromatic heterocycles. The number of nitrogens with one attached hydrogen (secondary N) is 1. The number of nitrogens with two attached hydrogens (primary N) is 1. The maximum absolute atomic E-state index is 13.6. The monoisotopic (exact) mass is 265 g/mol. The third-order valence-corrected chi connectivity index (χ3v) is 2.49. The molecule has 0 amide bonds. The zero-order valence-electron chi connectivity index (χ0n) is 10.1. The lowest BCUT2D eigenvalue weighted by Crippen LogP contribution is -2.08. The van der Waals surface area contributed by atoms with Gasteiger partial charge in [-0.25, -0.2) is 14.2 Å². The zero-order chi connectivity index (χ0) is 13.8. The van der Waals surface area contributed by atoms with E-state index in [0.717, 1.165) is 6.07 Å². The van der Waals surface area contributed by atoms with Crippen LogP contribution in [0.1, 0.15) is 16.1 Å². The highest BCUT2D eigenvalue weighted by atomic mass is 19.1. The van der Waals surface area contributed by atoms with Crippen molar-refractivity contribution in [3.8, 4) is 0 Å². The van der Waals surface area contributed by atoms with Gasteiger partial charge in [0, 0.05) is 0 Å². The highest BCUT2D eigenvalue weighted by molar-refractivity contribution is 5.92. The van der Waals surface area contributed by atoms with Crippen molar-refractivity contribution in [2.45, 2.75) is 6.54 Å². The number of hydrogen-bond donors (Lipinski definition) is 2. The van der Waals surface area contributed by atoms with Crippen LogP contribution in [0.3, 0.4) is 0 Å². The molecule has 2 rings (SSSR count). The number of oxazole rings is 1. The first-order chi connectivity index (χ1) is 9.11. The van der Waals surface area contributed by atoms with Crippen LogP contribution in [0.4, 0.5) is 15.8 Å². The summed E-state index contributed by atoms with van der Waals surface area (Å²) in [5, 5.41) is 2.88. The van der Waals surface area contributed by atoms with E-state index in [-0.39, 0.29) is 11.3 Å². The Hall–Kier alpha value is -2.57. The van der Waals surface area contributed by atoms with Crippen LogP contribution in [0.2, 0.25) is 0 Å². The number of nitrogens with zero attached hydrogens (tertiary/aromatic N) is 1. The third-order valence-electron chi connectivity index (χ3n) is 2.49. The lowest BCUT2D eigenvalue weighted by atomic mass is 10.1. The molecule has 0 aliphatic rings. The number of aromatic nitrogens is 1. The van der Waals surface area contributed by atoms with E-state index in [2.05, 4.69) is 15.0 Å². The number of ether oxygens (including phenoxy) is 1. The summed E-state index contributed by atoms with van der Waals surface area (Å²) >= 11 is 0. The summed E-state index contributed by atoms with van der Waals surface area (Å²) in [5.74, 6) is -1.33. The summed E-state index contributed by atoms with van der Waals surface area (Å²) in [6, 6.07) is 2.45. The molecule has 6 nitrogen and oxygen atoms in total. The first-order valence-electron chi connectivity index (χ1n) is 5.40. The molecule has 0 unspecified atom stereocenters. The van der Waals surface area contributed by atoms with Crippen molar-refractivity contribution >= 4 is 17.3 Å². The summed E-state index contributed by atoms with van der Waals surface area (Å²) in [4.78, 5) is 15.3. The Bertz CT molecular complexity index is 584. The van der Waals surface area contributed by atoms with Gasteiger partial charge in [0.15, 0.2) is 6.39 Å². The summed E-state index contributed by atoms with van der Waals surface area (Å²) in [6.45, 7) is 0.296. The van der Waals surface area contributed by atoms with Crippen LogP contribution in [0.15, 0.2) is 29.2 Å². The highest BCUT2D eigenvalue weighted by Gasteiger charge is 2.13. The second-order valence-corrected chi connectivity index (χ2v) is 3.74. The summed E-state index contributed by atoms with van der Waals surface area (Å²) in [6.07, 6.45) is 2.73. The fourth-order valence-electron chi connectivity index (χ4n) is 1.51. The second-order valence-electron chi connectivity index (χ2n) is 3.74. The number of carbonyl (C=O) groups excluding carboxylic acids is 1. The number of hydrogen-bond acceptors (Lipinski definition) is 6. The molecule has 1 heterocycles. The van der Waals surface area contributed by atoms with Gasteiger partial charge in [-0.1, -0.05) is 0 Å². The van der Waals surface area contributed by atoms with Gasteiger partial charge >= 0.3 is 5.97 Å². The van der Waals surface area contributed by atoms with Crippen molar-refractivity contribution in [2.24, 2.45) is 0 Å².